The average Bonchev–Trinajstić information content (AvgIpc) is 1.96. The Balaban J connectivity index is 3.56. The number of guanidine groups is 1. The third kappa shape index (κ3) is 7.11. The number of hydroxylamine groups is 1. The summed E-state index contributed by atoms with van der Waals surface area (Å²) in [5.74, 6) is -0.517. The zero-order valence-electron chi connectivity index (χ0n) is 5.78. The first-order chi connectivity index (χ1) is 5.52. The van der Waals surface area contributed by atoms with E-state index in [9.17, 15) is 0 Å². The number of hydrogen-bond donors (Lipinski definition) is 6. The summed E-state index contributed by atoms with van der Waals surface area (Å²) in [7, 11) is -4.18. The van der Waals surface area contributed by atoms with Crippen LogP contribution >= 0.6 is 0 Å². The zero-order valence-corrected chi connectivity index (χ0v) is 5.78. The van der Waals surface area contributed by atoms with Gasteiger partial charge in [-0.2, -0.15) is 0 Å². The van der Waals surface area contributed by atoms with Crippen molar-refractivity contribution < 1.29 is 29.6 Å². The molecule has 0 aliphatic heterocycles. The molecule has 0 aromatic rings. The van der Waals surface area contributed by atoms with Gasteiger partial charge in [0.15, 0.2) is 0 Å². The Morgan fingerprint density at radius 3 is 2.25 bits per heavy atom. The van der Waals surface area contributed by atoms with Crippen LogP contribution in [0.1, 0.15) is 0 Å². The highest BCUT2D eigenvalue weighted by Crippen LogP contribution is 1.76. The molecule has 0 saturated carbocycles. The zero-order chi connectivity index (χ0) is 9.56. The quantitative estimate of drug-likeness (QED) is 0.110. The van der Waals surface area contributed by atoms with Gasteiger partial charge in [-0.05, 0) is 0 Å². The van der Waals surface area contributed by atoms with Crippen LogP contribution < -0.4 is 11.2 Å². The molecule has 0 rings (SSSR count). The maximum Gasteiger partial charge on any atom is 0.729 e. The van der Waals surface area contributed by atoms with Crippen molar-refractivity contribution in [2.75, 3.05) is 0 Å². The highest BCUT2D eigenvalue weighted by Gasteiger charge is 2.11. The Hall–Kier alpha value is -1.00. The molecule has 9 nitrogen and oxygen atoms in total. The first kappa shape index (κ1) is 11.0. The van der Waals surface area contributed by atoms with E-state index in [-0.39, 0.29) is 0 Å². The maximum atomic E-state index is 8.10. The molecule has 0 bridgehead atoms. The molecule has 0 amide bonds. The lowest BCUT2D eigenvalue weighted by molar-refractivity contribution is 0.142. The van der Waals surface area contributed by atoms with Crippen molar-refractivity contribution >= 4 is 20.6 Å². The fourth-order valence-electron chi connectivity index (χ4n) is 0.236. The van der Waals surface area contributed by atoms with Crippen LogP contribution in [0.5, 0.6) is 0 Å². The van der Waals surface area contributed by atoms with Gasteiger partial charge in [-0.15, -0.1) is 0 Å². The third-order valence-corrected chi connectivity index (χ3v) is 0.514. The van der Waals surface area contributed by atoms with Crippen LogP contribution in [0.3, 0.4) is 0 Å². The van der Waals surface area contributed by atoms with Crippen molar-refractivity contribution in [3.63, 3.8) is 0 Å². The second-order valence-electron chi connectivity index (χ2n) is 1.45. The predicted octanol–water partition coefficient (Wildman–Crippen LogP) is -4.31. The summed E-state index contributed by atoms with van der Waals surface area (Å²) >= 11 is 0. The predicted molar refractivity (Wildman–Crippen MR) is 37.3 cm³/mol. The summed E-state index contributed by atoms with van der Waals surface area (Å²) in [4.78, 5) is 0. The molecular formula is CH7B2N3O6. The molecule has 0 heterocycles. The van der Waals surface area contributed by atoms with Crippen LogP contribution in [0.4, 0.5) is 0 Å². The second kappa shape index (κ2) is 5.62. The van der Waals surface area contributed by atoms with Gasteiger partial charge in [0.05, 0.1) is 0 Å². The normalized spacial score (nSPS) is 10.8. The molecule has 0 spiro atoms. The molecular weight excluding hydrogens is 172 g/mol. The summed E-state index contributed by atoms with van der Waals surface area (Å²) < 4.78 is 7.70. The first-order valence-corrected chi connectivity index (χ1v) is 2.65. The Labute approximate surface area is 67.7 Å². The molecule has 0 fully saturated rings. The highest BCUT2D eigenvalue weighted by molar-refractivity contribution is 6.33. The average molecular weight is 179 g/mol. The van der Waals surface area contributed by atoms with Crippen LogP contribution in [0.15, 0.2) is 5.16 Å². The molecule has 0 aliphatic rings. The molecule has 12 heavy (non-hydrogen) atoms. The Bertz CT molecular complexity index is 150. The van der Waals surface area contributed by atoms with Gasteiger partial charge < -0.3 is 30.6 Å². The minimum atomic E-state index is -2.11. The van der Waals surface area contributed by atoms with Crippen LogP contribution in [-0.2, 0) is 9.51 Å². The van der Waals surface area contributed by atoms with E-state index < -0.39 is 20.6 Å². The lowest BCUT2D eigenvalue weighted by Gasteiger charge is -2.03. The monoisotopic (exact) mass is 179 g/mol. The Morgan fingerprint density at radius 2 is 1.83 bits per heavy atom. The van der Waals surface area contributed by atoms with Gasteiger partial charge >= 0.3 is 14.6 Å². The fourth-order valence-corrected chi connectivity index (χ4v) is 0.236. The number of hydrogen-bond acceptors (Lipinski definition) is 7. The SMILES string of the molecule is N/C(=N\OB(O)O)NOB(O)O. The molecule has 0 aliphatic carbocycles. The molecule has 68 valence electrons. The molecule has 0 atom stereocenters. The molecule has 11 heteroatoms. The molecule has 0 unspecified atom stereocenters. The van der Waals surface area contributed by atoms with E-state index in [0.717, 1.165) is 0 Å². The van der Waals surface area contributed by atoms with E-state index in [4.69, 9.17) is 25.8 Å². The second-order valence-corrected chi connectivity index (χ2v) is 1.45. The summed E-state index contributed by atoms with van der Waals surface area (Å²) in [5.41, 5.74) is 6.63. The minimum Gasteiger partial charge on any atom is -0.401 e. The summed E-state index contributed by atoms with van der Waals surface area (Å²) in [6.45, 7) is 0. The highest BCUT2D eigenvalue weighted by atomic mass is 16.7. The molecule has 7 N–H and O–H groups in total. The molecule has 0 aromatic heterocycles. The number of rotatable bonds is 4. The van der Waals surface area contributed by atoms with E-state index in [1.54, 1.807) is 5.48 Å². The van der Waals surface area contributed by atoms with Crippen molar-refractivity contribution in [2.24, 2.45) is 10.9 Å². The van der Waals surface area contributed by atoms with Crippen LogP contribution in [0.25, 0.3) is 0 Å². The number of oxime groups is 1. The molecule has 0 radical (unpaired) electrons. The smallest absolute Gasteiger partial charge is 0.401 e. The number of nitrogens with zero attached hydrogens (tertiary/aromatic N) is 1. The standard InChI is InChI=1S/CH7B2N3O6/c4-1(5-11-2(7)8)6-12-3(9)10/h7-10H,(H3,4,5,6). The third-order valence-electron chi connectivity index (χ3n) is 0.514. The topological polar surface area (TPSA) is 150 Å². The fraction of sp³-hybridized carbons (Fsp3) is 0. The van der Waals surface area contributed by atoms with Gasteiger partial charge in [0, 0.05) is 0 Å². The molecule has 0 saturated heterocycles. The van der Waals surface area contributed by atoms with Gasteiger partial charge in [0.25, 0.3) is 5.96 Å². The van der Waals surface area contributed by atoms with Crippen molar-refractivity contribution in [1.29, 1.82) is 0 Å². The van der Waals surface area contributed by atoms with Gasteiger partial charge in [0.2, 0.25) is 0 Å². The van der Waals surface area contributed by atoms with Crippen molar-refractivity contribution in [3.05, 3.63) is 0 Å². The van der Waals surface area contributed by atoms with Gasteiger partial charge in [-0.25, -0.2) is 5.48 Å². The number of nitrogens with one attached hydrogen (secondary N) is 1. The molecule has 0 aromatic carbocycles. The maximum absolute atomic E-state index is 8.10. The van der Waals surface area contributed by atoms with E-state index in [0.29, 0.717) is 0 Å². The van der Waals surface area contributed by atoms with Gasteiger partial charge in [-0.1, -0.05) is 5.16 Å². The summed E-state index contributed by atoms with van der Waals surface area (Å²) in [6.07, 6.45) is 0. The van der Waals surface area contributed by atoms with Crippen LogP contribution in [0.2, 0.25) is 0 Å². The van der Waals surface area contributed by atoms with E-state index >= 15 is 0 Å². The largest absolute Gasteiger partial charge is 0.729 e. The Kier molecular flexibility index (Phi) is 5.16. The van der Waals surface area contributed by atoms with E-state index in [1.807, 2.05) is 0 Å². The Morgan fingerprint density at radius 1 is 1.25 bits per heavy atom. The van der Waals surface area contributed by atoms with Gasteiger partial charge in [-0.3, -0.25) is 4.76 Å². The van der Waals surface area contributed by atoms with E-state index in [1.165, 1.54) is 0 Å². The van der Waals surface area contributed by atoms with Crippen LogP contribution in [-0.4, -0.2) is 40.7 Å². The summed E-state index contributed by atoms with van der Waals surface area (Å²) in [6, 6.07) is 0. The van der Waals surface area contributed by atoms with Crippen molar-refractivity contribution in [2.45, 2.75) is 0 Å². The summed E-state index contributed by atoms with van der Waals surface area (Å²) in [5, 5.41) is 35.2. The minimum absolute atomic E-state index is 0.517. The number of nitrogens with two attached hydrogens (primary N) is 1. The first-order valence-electron chi connectivity index (χ1n) is 2.65. The lowest BCUT2D eigenvalue weighted by atomic mass is 10.3. The van der Waals surface area contributed by atoms with Crippen LogP contribution in [0, 0.1) is 0 Å². The van der Waals surface area contributed by atoms with Crippen molar-refractivity contribution in [3.8, 4) is 0 Å². The van der Waals surface area contributed by atoms with E-state index in [2.05, 4.69) is 14.7 Å². The van der Waals surface area contributed by atoms with Gasteiger partial charge in [0.1, 0.15) is 0 Å². The lowest BCUT2D eigenvalue weighted by Crippen LogP contribution is -2.37. The van der Waals surface area contributed by atoms with Crippen molar-refractivity contribution in [1.82, 2.24) is 5.48 Å².